The van der Waals surface area contributed by atoms with Crippen LogP contribution in [-0.2, 0) is 13.1 Å². The third-order valence-electron chi connectivity index (χ3n) is 9.34. The Kier molecular flexibility index (Phi) is 11.3. The number of hydrogen-bond acceptors (Lipinski definition) is 13. The molecule has 8 N–H and O–H groups in total. The van der Waals surface area contributed by atoms with Crippen molar-refractivity contribution in [3.05, 3.63) is 146 Å². The van der Waals surface area contributed by atoms with Gasteiger partial charge in [0.1, 0.15) is 22.4 Å². The molecule has 0 aliphatic heterocycles. The van der Waals surface area contributed by atoms with Crippen LogP contribution in [0.25, 0.3) is 55.0 Å². The van der Waals surface area contributed by atoms with Crippen LogP contribution in [0.1, 0.15) is 21.0 Å². The van der Waals surface area contributed by atoms with Crippen LogP contribution >= 0.6 is 0 Å². The minimum atomic E-state index is -0.990. The quantitative estimate of drug-likeness (QED) is 0.136. The molecular weight excluding hydrogens is 777 g/mol. The topological polar surface area (TPSA) is 267 Å². The molecule has 0 spiro atoms. The fraction of sp³-hybridized carbons (Fsp3) is 0.0952. The number of fused-ring (bicyclic) bond motifs is 6. The van der Waals surface area contributed by atoms with Gasteiger partial charge in [0.05, 0.1) is 35.5 Å². The highest BCUT2D eigenvalue weighted by Crippen LogP contribution is 2.29. The SMILES string of the molecule is NCCn1cc2c(n1)c(N)nc1cc(-n3cccn3)ccc12.Nc1nc2cc(-n3cccn3)ccc2c2cn(CCNC(=O)c3ccccn3)nc12.O=C(O)c1ccccn1. The van der Waals surface area contributed by atoms with Gasteiger partial charge in [0.15, 0.2) is 11.6 Å². The number of rotatable bonds is 9. The summed E-state index contributed by atoms with van der Waals surface area (Å²) in [4.78, 5) is 38.9. The van der Waals surface area contributed by atoms with Gasteiger partial charge in [0, 0.05) is 84.2 Å². The molecule has 0 fully saturated rings. The molecule has 0 saturated heterocycles. The lowest BCUT2D eigenvalue weighted by molar-refractivity contribution is 0.0690. The Balaban J connectivity index is 0.000000144. The molecule has 0 aliphatic carbocycles. The second kappa shape index (κ2) is 17.5. The third kappa shape index (κ3) is 8.66. The Bertz CT molecular complexity index is 3090. The minimum absolute atomic E-state index is 0.0810. The zero-order valence-electron chi connectivity index (χ0n) is 32.4. The Morgan fingerprint density at radius 1 is 0.623 bits per heavy atom. The predicted molar refractivity (Wildman–Crippen MR) is 230 cm³/mol. The summed E-state index contributed by atoms with van der Waals surface area (Å²) in [6.07, 6.45) is 14.2. The summed E-state index contributed by atoms with van der Waals surface area (Å²) in [5, 5.41) is 32.5. The molecule has 8 heterocycles. The first-order chi connectivity index (χ1) is 29.7. The number of carbonyl (C=O) groups excluding carboxylic acids is 1. The summed E-state index contributed by atoms with van der Waals surface area (Å²) in [5.41, 5.74) is 23.1. The van der Waals surface area contributed by atoms with Crippen molar-refractivity contribution >= 4 is 67.1 Å². The second-order valence-electron chi connectivity index (χ2n) is 13.4. The van der Waals surface area contributed by atoms with E-state index in [2.05, 4.69) is 45.6 Å². The number of carbonyl (C=O) groups is 2. The molecule has 19 heteroatoms. The van der Waals surface area contributed by atoms with Gasteiger partial charge in [0.25, 0.3) is 5.91 Å². The molecule has 8 aromatic heterocycles. The molecule has 0 radical (unpaired) electrons. The van der Waals surface area contributed by atoms with Gasteiger partial charge in [-0.05, 0) is 72.8 Å². The maximum atomic E-state index is 12.1. The summed E-state index contributed by atoms with van der Waals surface area (Å²) in [6.45, 7) is 2.10. The molecule has 2 aromatic carbocycles. The Labute approximate surface area is 346 Å². The van der Waals surface area contributed by atoms with Crippen LogP contribution in [0.3, 0.4) is 0 Å². The van der Waals surface area contributed by atoms with E-state index in [1.165, 1.54) is 12.3 Å². The Morgan fingerprint density at radius 2 is 1.15 bits per heavy atom. The molecule has 304 valence electrons. The Hall–Kier alpha value is -8.58. The van der Waals surface area contributed by atoms with Crippen LogP contribution in [0, 0.1) is 0 Å². The monoisotopic (exact) mass is 814 g/mol. The number of benzene rings is 2. The van der Waals surface area contributed by atoms with E-state index in [1.807, 2.05) is 78.0 Å². The van der Waals surface area contributed by atoms with Gasteiger partial charge in [-0.25, -0.2) is 29.1 Å². The van der Waals surface area contributed by atoms with E-state index < -0.39 is 5.97 Å². The summed E-state index contributed by atoms with van der Waals surface area (Å²) < 4.78 is 7.14. The lowest BCUT2D eigenvalue weighted by atomic mass is 10.1. The predicted octanol–water partition coefficient (Wildman–Crippen LogP) is 4.27. The van der Waals surface area contributed by atoms with Crippen molar-refractivity contribution < 1.29 is 14.7 Å². The number of nitrogen functional groups attached to an aromatic ring is 2. The zero-order valence-corrected chi connectivity index (χ0v) is 32.4. The first-order valence-electron chi connectivity index (χ1n) is 18.9. The largest absolute Gasteiger partial charge is 0.477 e. The fourth-order valence-electron chi connectivity index (χ4n) is 6.51. The summed E-state index contributed by atoms with van der Waals surface area (Å²) in [5.74, 6) is -0.414. The molecule has 10 aromatic rings. The fourth-order valence-corrected chi connectivity index (χ4v) is 6.51. The highest BCUT2D eigenvalue weighted by Gasteiger charge is 2.14. The number of nitrogens with zero attached hydrogens (tertiary/aromatic N) is 12. The van der Waals surface area contributed by atoms with Crippen molar-refractivity contribution in [3.8, 4) is 11.4 Å². The van der Waals surface area contributed by atoms with Gasteiger partial charge in [-0.3, -0.25) is 19.1 Å². The number of carboxylic acids is 1. The van der Waals surface area contributed by atoms with E-state index in [4.69, 9.17) is 22.3 Å². The van der Waals surface area contributed by atoms with Crippen LogP contribution in [0.15, 0.2) is 135 Å². The number of nitrogens with two attached hydrogens (primary N) is 3. The molecule has 0 saturated carbocycles. The summed E-state index contributed by atoms with van der Waals surface area (Å²) in [7, 11) is 0. The van der Waals surface area contributed by atoms with Gasteiger partial charge in [-0.1, -0.05) is 12.1 Å². The summed E-state index contributed by atoms with van der Waals surface area (Å²) in [6, 6.07) is 25.7. The smallest absolute Gasteiger partial charge is 0.354 e. The van der Waals surface area contributed by atoms with E-state index in [1.54, 1.807) is 63.0 Å². The first kappa shape index (κ1) is 39.3. The molecule has 1 amide bonds. The van der Waals surface area contributed by atoms with Gasteiger partial charge in [0.2, 0.25) is 0 Å². The van der Waals surface area contributed by atoms with Gasteiger partial charge in [-0.2, -0.15) is 20.4 Å². The number of amides is 1. The lowest BCUT2D eigenvalue weighted by Gasteiger charge is -2.05. The molecule has 0 unspecified atom stereocenters. The van der Waals surface area contributed by atoms with Crippen molar-refractivity contribution in [2.45, 2.75) is 13.1 Å². The molecule has 0 bridgehead atoms. The highest BCUT2D eigenvalue weighted by molar-refractivity contribution is 6.09. The molecular formula is C42H38N16O3. The summed E-state index contributed by atoms with van der Waals surface area (Å²) >= 11 is 0. The maximum absolute atomic E-state index is 12.1. The number of aromatic carboxylic acids is 1. The molecule has 10 rings (SSSR count). The number of anilines is 2. The van der Waals surface area contributed by atoms with Crippen LogP contribution in [-0.4, -0.2) is 89.1 Å². The number of hydrogen-bond donors (Lipinski definition) is 5. The normalized spacial score (nSPS) is 11.0. The zero-order chi connectivity index (χ0) is 42.3. The van der Waals surface area contributed by atoms with Crippen molar-refractivity contribution in [3.63, 3.8) is 0 Å². The molecule has 0 aliphatic rings. The average molecular weight is 815 g/mol. The van der Waals surface area contributed by atoms with Crippen LogP contribution in [0.4, 0.5) is 11.6 Å². The van der Waals surface area contributed by atoms with E-state index in [0.717, 1.165) is 44.0 Å². The first-order valence-corrected chi connectivity index (χ1v) is 18.9. The van der Waals surface area contributed by atoms with Crippen LogP contribution in [0.5, 0.6) is 0 Å². The van der Waals surface area contributed by atoms with Gasteiger partial charge < -0.3 is 27.6 Å². The molecule has 0 atom stereocenters. The lowest BCUT2D eigenvalue weighted by Crippen LogP contribution is -2.28. The van der Waals surface area contributed by atoms with E-state index in [-0.39, 0.29) is 11.6 Å². The van der Waals surface area contributed by atoms with Crippen molar-refractivity contribution in [1.29, 1.82) is 0 Å². The van der Waals surface area contributed by atoms with E-state index in [9.17, 15) is 9.59 Å². The third-order valence-corrected chi connectivity index (χ3v) is 9.34. The maximum Gasteiger partial charge on any atom is 0.354 e. The van der Waals surface area contributed by atoms with Gasteiger partial charge in [-0.15, -0.1) is 0 Å². The Morgan fingerprint density at radius 3 is 1.59 bits per heavy atom. The standard InChI is InChI=1S/C21H18N8O.C15H15N7.C6H5NO2/c22-20-19-16(15-6-5-14(12-18(15)26-20)29-10-3-8-25-29)13-28(27-19)11-9-24-21(30)17-4-1-2-7-23-17;16-4-7-21-9-12-11-3-2-10(22-6-1-5-18-22)8-13(11)19-15(17)14(12)20-21;8-6(9)5-3-1-2-4-7-5/h1-8,10,12-13H,9,11H2,(H2,22,26)(H,24,30);1-3,5-6,8-9H,4,7,16H2,(H2,17,19);1-4H,(H,8,9). The van der Waals surface area contributed by atoms with E-state index in [0.29, 0.717) is 54.5 Å². The van der Waals surface area contributed by atoms with Crippen molar-refractivity contribution in [1.82, 2.24) is 64.4 Å². The molecule has 19 nitrogen and oxygen atoms in total. The van der Waals surface area contributed by atoms with E-state index >= 15 is 0 Å². The average Bonchev–Trinajstić information content (AvgIpc) is 4.13. The second-order valence-corrected chi connectivity index (χ2v) is 13.4. The van der Waals surface area contributed by atoms with Crippen LogP contribution < -0.4 is 22.5 Å². The minimum Gasteiger partial charge on any atom is -0.477 e. The number of nitrogens with one attached hydrogen (secondary N) is 1. The number of pyridine rings is 4. The highest BCUT2D eigenvalue weighted by atomic mass is 16.4. The molecule has 61 heavy (non-hydrogen) atoms. The van der Waals surface area contributed by atoms with Crippen LogP contribution in [0.2, 0.25) is 0 Å². The van der Waals surface area contributed by atoms with Crippen molar-refractivity contribution in [2.24, 2.45) is 5.73 Å². The van der Waals surface area contributed by atoms with Crippen molar-refractivity contribution in [2.75, 3.05) is 24.6 Å². The number of aromatic nitrogens is 12. The number of carboxylic acid groups (broad SMARTS) is 1. The van der Waals surface area contributed by atoms with Gasteiger partial charge >= 0.3 is 5.97 Å².